The minimum atomic E-state index is -0.164. The van der Waals surface area contributed by atoms with E-state index in [0.717, 1.165) is 32.5 Å². The molecule has 0 saturated carbocycles. The second kappa shape index (κ2) is 8.79. The maximum atomic E-state index is 12.3. The topological polar surface area (TPSA) is 35.6 Å². The van der Waals surface area contributed by atoms with Gasteiger partial charge in [0.05, 0.1) is 0 Å². The molecule has 4 nitrogen and oxygen atoms in total. The number of amides is 1. The highest BCUT2D eigenvalue weighted by Crippen LogP contribution is 2.38. The number of nitrogens with zero attached hydrogens (tertiary/aromatic N) is 2. The molecule has 0 spiro atoms. The Labute approximate surface area is 204 Å². The number of carbonyl (C=O) groups excluding carboxylic acids is 1. The van der Waals surface area contributed by atoms with Gasteiger partial charge < -0.3 is 15.1 Å². The summed E-state index contributed by atoms with van der Waals surface area (Å²) in [4.78, 5) is 17.2. The van der Waals surface area contributed by atoms with Gasteiger partial charge in [-0.05, 0) is 128 Å². The van der Waals surface area contributed by atoms with Crippen molar-refractivity contribution in [1.29, 1.82) is 0 Å². The van der Waals surface area contributed by atoms with Crippen molar-refractivity contribution < 1.29 is 4.79 Å². The zero-order valence-electron chi connectivity index (χ0n) is 21.6. The first kappa shape index (κ1) is 23.0. The minimum Gasteiger partial charge on any atom is -0.374 e. The number of rotatable bonds is 4. The van der Waals surface area contributed by atoms with E-state index in [1.54, 1.807) is 0 Å². The molecule has 3 aromatic rings. The van der Waals surface area contributed by atoms with E-state index in [4.69, 9.17) is 0 Å². The zero-order chi connectivity index (χ0) is 24.0. The number of nitrogens with one attached hydrogen (secondary N) is 1. The van der Waals surface area contributed by atoms with Crippen molar-refractivity contribution >= 4 is 38.8 Å². The Kier molecular flexibility index (Phi) is 5.95. The van der Waals surface area contributed by atoms with Crippen LogP contribution in [0, 0.1) is 6.92 Å². The van der Waals surface area contributed by atoms with Crippen LogP contribution in [0.1, 0.15) is 63.1 Å². The third kappa shape index (κ3) is 4.47. The molecule has 0 aliphatic carbocycles. The second-order valence-electron chi connectivity index (χ2n) is 11.4. The molecular formula is C30H39N3O. The number of carbonyl (C=O) groups is 1. The van der Waals surface area contributed by atoms with Crippen molar-refractivity contribution in [3.8, 4) is 0 Å². The first-order chi connectivity index (χ1) is 16.2. The van der Waals surface area contributed by atoms with Crippen molar-refractivity contribution in [1.82, 2.24) is 5.32 Å². The van der Waals surface area contributed by atoms with Gasteiger partial charge in [-0.25, -0.2) is 0 Å². The Hall–Kier alpha value is -2.75. The highest BCUT2D eigenvalue weighted by atomic mass is 16.1. The van der Waals surface area contributed by atoms with Crippen LogP contribution in [0.4, 0.5) is 11.4 Å². The molecule has 0 aromatic heterocycles. The van der Waals surface area contributed by atoms with Crippen LogP contribution in [0.3, 0.4) is 0 Å². The predicted molar refractivity (Wildman–Crippen MR) is 145 cm³/mol. The van der Waals surface area contributed by atoms with Gasteiger partial charge in [-0.2, -0.15) is 0 Å². The molecule has 1 amide bonds. The van der Waals surface area contributed by atoms with Crippen LogP contribution in [0.15, 0.2) is 30.3 Å². The average molecular weight is 458 g/mol. The van der Waals surface area contributed by atoms with Gasteiger partial charge in [0.2, 0.25) is 5.91 Å². The highest BCUT2D eigenvalue weighted by Gasteiger charge is 2.21. The molecule has 0 atom stereocenters. The number of hydrogen-bond donors (Lipinski definition) is 1. The third-order valence-electron chi connectivity index (χ3n) is 7.56. The highest BCUT2D eigenvalue weighted by molar-refractivity contribution is 6.03. The van der Waals surface area contributed by atoms with E-state index in [1.165, 1.54) is 68.9 Å². The second-order valence-corrected chi connectivity index (χ2v) is 11.4. The summed E-state index contributed by atoms with van der Waals surface area (Å²) in [7, 11) is 2.22. The van der Waals surface area contributed by atoms with Gasteiger partial charge in [0.15, 0.2) is 0 Å². The minimum absolute atomic E-state index is 0.151. The van der Waals surface area contributed by atoms with E-state index in [0.29, 0.717) is 6.42 Å². The van der Waals surface area contributed by atoms with Gasteiger partial charge in [0, 0.05) is 50.0 Å². The van der Waals surface area contributed by atoms with E-state index >= 15 is 0 Å². The lowest BCUT2D eigenvalue weighted by molar-refractivity contribution is -0.122. The van der Waals surface area contributed by atoms with Crippen LogP contribution < -0.4 is 15.1 Å². The van der Waals surface area contributed by atoms with Crippen molar-refractivity contribution in [3.05, 3.63) is 47.0 Å². The van der Waals surface area contributed by atoms with Gasteiger partial charge in [-0.3, -0.25) is 4.79 Å². The lowest BCUT2D eigenvalue weighted by Gasteiger charge is -2.32. The molecule has 2 aliphatic heterocycles. The van der Waals surface area contributed by atoms with Crippen molar-refractivity contribution in [3.63, 3.8) is 0 Å². The summed E-state index contributed by atoms with van der Waals surface area (Å²) in [6.45, 7) is 11.6. The van der Waals surface area contributed by atoms with Crippen LogP contribution in [-0.4, -0.2) is 38.1 Å². The zero-order valence-corrected chi connectivity index (χ0v) is 21.6. The lowest BCUT2D eigenvalue weighted by atomic mass is 9.89. The van der Waals surface area contributed by atoms with Crippen LogP contribution in [0.5, 0.6) is 0 Å². The Bertz CT molecular complexity index is 1250. The lowest BCUT2D eigenvalue weighted by Crippen LogP contribution is -2.41. The maximum absolute atomic E-state index is 12.3. The summed E-state index contributed by atoms with van der Waals surface area (Å²) in [6.07, 6.45) is 6.21. The molecule has 0 unspecified atom stereocenters. The third-order valence-corrected chi connectivity index (χ3v) is 7.56. The molecule has 0 radical (unpaired) electrons. The summed E-state index contributed by atoms with van der Waals surface area (Å²) in [5.74, 6) is 0.151. The number of aryl methyl sites for hydroxylation is 2. The number of benzene rings is 3. The summed E-state index contributed by atoms with van der Waals surface area (Å²) < 4.78 is 0. The van der Waals surface area contributed by atoms with Crippen molar-refractivity contribution in [2.75, 3.05) is 36.5 Å². The normalized spacial score (nSPS) is 16.0. The Morgan fingerprint density at radius 2 is 1.68 bits per heavy atom. The van der Waals surface area contributed by atoms with Crippen molar-refractivity contribution in [2.45, 2.75) is 71.8 Å². The van der Waals surface area contributed by atoms with Crippen LogP contribution in [-0.2, 0) is 17.6 Å². The molecular weight excluding hydrogens is 418 g/mol. The van der Waals surface area contributed by atoms with E-state index in [2.05, 4.69) is 59.4 Å². The monoisotopic (exact) mass is 457 g/mol. The number of hydrogen-bond acceptors (Lipinski definition) is 3. The average Bonchev–Trinajstić information content (AvgIpc) is 2.77. The molecule has 4 heteroatoms. The molecule has 0 bridgehead atoms. The van der Waals surface area contributed by atoms with Crippen LogP contribution in [0.2, 0.25) is 0 Å². The SMILES string of the molecule is Cc1c2c(cc3cc4cc5c(cc4cc13)CCCN5CCCC(=O)NC(C)(C)C)N(C)CCC2. The van der Waals surface area contributed by atoms with Gasteiger partial charge in [-0.1, -0.05) is 0 Å². The largest absolute Gasteiger partial charge is 0.374 e. The quantitative estimate of drug-likeness (QED) is 0.479. The van der Waals surface area contributed by atoms with Gasteiger partial charge in [0.1, 0.15) is 0 Å². The Balaban J connectivity index is 1.44. The summed E-state index contributed by atoms with van der Waals surface area (Å²) >= 11 is 0. The predicted octanol–water partition coefficient (Wildman–Crippen LogP) is 6.13. The summed E-state index contributed by atoms with van der Waals surface area (Å²) in [6, 6.07) is 12.0. The number of anilines is 2. The molecule has 0 fully saturated rings. The Morgan fingerprint density at radius 3 is 2.47 bits per heavy atom. The molecule has 180 valence electrons. The fraction of sp³-hybridized carbons (Fsp3) is 0.500. The smallest absolute Gasteiger partial charge is 0.220 e. The Morgan fingerprint density at radius 1 is 0.941 bits per heavy atom. The van der Waals surface area contributed by atoms with E-state index < -0.39 is 0 Å². The van der Waals surface area contributed by atoms with Crippen LogP contribution >= 0.6 is 0 Å². The molecule has 5 rings (SSSR count). The standard InChI is InChI=1S/C30H39N3O/c1-20-25-10-7-12-32(5)28(25)19-24-16-23-18-27-21(15-22(23)17-26(20)24)9-6-13-33(27)14-8-11-29(34)31-30(2,3)4/h15-19H,6-14H2,1-5H3,(H,31,34). The molecule has 34 heavy (non-hydrogen) atoms. The summed E-state index contributed by atoms with van der Waals surface area (Å²) in [5.41, 5.74) is 7.04. The molecule has 3 aromatic carbocycles. The van der Waals surface area contributed by atoms with Gasteiger partial charge in [-0.15, -0.1) is 0 Å². The van der Waals surface area contributed by atoms with E-state index in [9.17, 15) is 4.79 Å². The fourth-order valence-corrected chi connectivity index (χ4v) is 5.92. The van der Waals surface area contributed by atoms with Gasteiger partial charge >= 0.3 is 0 Å². The van der Waals surface area contributed by atoms with Crippen LogP contribution in [0.25, 0.3) is 21.5 Å². The molecule has 1 N–H and O–H groups in total. The van der Waals surface area contributed by atoms with E-state index in [-0.39, 0.29) is 11.4 Å². The fourth-order valence-electron chi connectivity index (χ4n) is 5.92. The molecule has 2 heterocycles. The molecule has 0 saturated heterocycles. The van der Waals surface area contributed by atoms with E-state index in [1.807, 2.05) is 20.8 Å². The molecule has 2 aliphatic rings. The van der Waals surface area contributed by atoms with Gasteiger partial charge in [0.25, 0.3) is 0 Å². The first-order valence-corrected chi connectivity index (χ1v) is 13.0. The number of fused-ring (bicyclic) bond motifs is 4. The maximum Gasteiger partial charge on any atom is 0.220 e. The van der Waals surface area contributed by atoms with Crippen molar-refractivity contribution in [2.24, 2.45) is 0 Å². The first-order valence-electron chi connectivity index (χ1n) is 13.0. The summed E-state index contributed by atoms with van der Waals surface area (Å²) in [5, 5.41) is 8.51.